The molecule has 3 aromatic carbocycles. The number of hydrogen-bond donors (Lipinski definition) is 2. The van der Waals surface area contributed by atoms with E-state index in [1.807, 2.05) is 30.3 Å². The number of carbonyl (C=O) groups is 4. The molecule has 0 fully saturated rings. The summed E-state index contributed by atoms with van der Waals surface area (Å²) in [4.78, 5) is 54.1. The zero-order valence-electron chi connectivity index (χ0n) is 22.0. The standard InChI is InChI=1S/C30H28N4O6/c1-18-28(36)34-25-15-9-7-12-20(25)22(27(34)33(18)30(38)40-17-19-10-4-3-5-11-19)16-24(29(37)39-2)32-26(35)21-13-6-8-14-23(21)31/h3-15,18,24H,16-17,31H2,1-2H3,(H,32,35)/t18-,24+/m0/s1. The second-order valence-electron chi connectivity index (χ2n) is 9.42. The van der Waals surface area contributed by atoms with E-state index in [9.17, 15) is 19.2 Å². The van der Waals surface area contributed by atoms with Crippen LogP contribution in [0.4, 0.5) is 16.3 Å². The Balaban J connectivity index is 1.53. The molecule has 2 heterocycles. The van der Waals surface area contributed by atoms with Crippen LogP contribution in [0.5, 0.6) is 0 Å². The molecule has 10 heteroatoms. The van der Waals surface area contributed by atoms with Crippen molar-refractivity contribution in [2.24, 2.45) is 0 Å². The molecular weight excluding hydrogens is 512 g/mol. The topological polar surface area (TPSA) is 133 Å². The number of esters is 1. The first-order valence-corrected chi connectivity index (χ1v) is 12.7. The predicted octanol–water partition coefficient (Wildman–Crippen LogP) is 3.92. The summed E-state index contributed by atoms with van der Waals surface area (Å²) in [5.74, 6) is -1.27. The van der Waals surface area contributed by atoms with Crippen molar-refractivity contribution in [2.75, 3.05) is 17.7 Å². The largest absolute Gasteiger partial charge is 0.467 e. The fourth-order valence-electron chi connectivity index (χ4n) is 4.96. The first-order valence-electron chi connectivity index (χ1n) is 12.7. The smallest absolute Gasteiger partial charge is 0.416 e. The van der Waals surface area contributed by atoms with E-state index >= 15 is 0 Å². The minimum absolute atomic E-state index is 0.0198. The molecule has 2 amide bonds. The fraction of sp³-hybridized carbons (Fsp3) is 0.200. The summed E-state index contributed by atoms with van der Waals surface area (Å²) in [5.41, 5.74) is 8.31. The first kappa shape index (κ1) is 26.5. The number of nitrogen functional groups attached to an aromatic ring is 1. The van der Waals surface area contributed by atoms with Crippen molar-refractivity contribution in [3.63, 3.8) is 0 Å². The number of ether oxygens (including phenoxy) is 2. The first-order chi connectivity index (χ1) is 19.3. The molecule has 1 aromatic heterocycles. The summed E-state index contributed by atoms with van der Waals surface area (Å²) in [5, 5.41) is 3.36. The number of aromatic nitrogens is 1. The Morgan fingerprint density at radius 3 is 2.38 bits per heavy atom. The van der Waals surface area contributed by atoms with Crippen molar-refractivity contribution >= 4 is 46.3 Å². The molecule has 0 bridgehead atoms. The van der Waals surface area contributed by atoms with Gasteiger partial charge in [-0.05, 0) is 30.7 Å². The predicted molar refractivity (Wildman–Crippen MR) is 149 cm³/mol. The number of anilines is 2. The van der Waals surface area contributed by atoms with Crippen LogP contribution in [0.15, 0.2) is 78.9 Å². The van der Waals surface area contributed by atoms with Gasteiger partial charge in [0, 0.05) is 23.1 Å². The van der Waals surface area contributed by atoms with E-state index < -0.39 is 30.1 Å². The number of nitrogens with zero attached hydrogens (tertiary/aromatic N) is 2. The van der Waals surface area contributed by atoms with Crippen molar-refractivity contribution in [2.45, 2.75) is 32.0 Å². The third-order valence-corrected chi connectivity index (χ3v) is 6.95. The molecule has 4 aromatic rings. The zero-order valence-corrected chi connectivity index (χ0v) is 22.0. The quantitative estimate of drug-likeness (QED) is 0.268. The van der Waals surface area contributed by atoms with Gasteiger partial charge in [-0.15, -0.1) is 0 Å². The molecule has 0 saturated carbocycles. The molecule has 40 heavy (non-hydrogen) atoms. The molecule has 204 valence electrons. The maximum atomic E-state index is 13.4. The lowest BCUT2D eigenvalue weighted by Crippen LogP contribution is -2.44. The number of nitrogens with one attached hydrogen (secondary N) is 1. The van der Waals surface area contributed by atoms with Gasteiger partial charge in [0.15, 0.2) is 0 Å². The number of amides is 2. The Hall–Kier alpha value is -5.12. The van der Waals surface area contributed by atoms with Gasteiger partial charge in [-0.25, -0.2) is 9.59 Å². The van der Waals surface area contributed by atoms with Gasteiger partial charge in [0.25, 0.3) is 11.8 Å². The van der Waals surface area contributed by atoms with E-state index in [0.29, 0.717) is 22.3 Å². The number of nitrogens with two attached hydrogens (primary N) is 1. The van der Waals surface area contributed by atoms with Gasteiger partial charge in [0.05, 0.1) is 18.2 Å². The lowest BCUT2D eigenvalue weighted by atomic mass is 10.0. The molecule has 0 aliphatic carbocycles. The van der Waals surface area contributed by atoms with E-state index in [1.54, 1.807) is 55.5 Å². The normalized spacial score (nSPS) is 15.0. The number of rotatable bonds is 7. The van der Waals surface area contributed by atoms with Gasteiger partial charge < -0.3 is 20.5 Å². The number of para-hydroxylation sites is 2. The summed E-state index contributed by atoms with van der Waals surface area (Å²) in [6.45, 7) is 1.64. The number of carbonyl (C=O) groups excluding carboxylic acids is 4. The van der Waals surface area contributed by atoms with Crippen LogP contribution in [0.25, 0.3) is 10.9 Å². The molecule has 5 rings (SSSR count). The van der Waals surface area contributed by atoms with Gasteiger partial charge in [-0.1, -0.05) is 60.7 Å². The van der Waals surface area contributed by atoms with Crippen molar-refractivity contribution < 1.29 is 28.7 Å². The molecule has 10 nitrogen and oxygen atoms in total. The lowest BCUT2D eigenvalue weighted by Gasteiger charge is -2.22. The van der Waals surface area contributed by atoms with Gasteiger partial charge in [-0.2, -0.15) is 0 Å². The molecule has 0 radical (unpaired) electrons. The number of hydrogen-bond acceptors (Lipinski definition) is 7. The molecule has 3 N–H and O–H groups in total. The average Bonchev–Trinajstić information content (AvgIpc) is 3.42. The van der Waals surface area contributed by atoms with Crippen molar-refractivity contribution in [3.8, 4) is 0 Å². The molecule has 1 aliphatic heterocycles. The van der Waals surface area contributed by atoms with Crippen LogP contribution in [-0.2, 0) is 27.3 Å². The Bertz CT molecular complexity index is 1610. The van der Waals surface area contributed by atoms with Crippen LogP contribution in [-0.4, -0.2) is 47.6 Å². The third-order valence-electron chi connectivity index (χ3n) is 6.95. The van der Waals surface area contributed by atoms with Gasteiger partial charge >= 0.3 is 12.1 Å². The summed E-state index contributed by atoms with van der Waals surface area (Å²) in [6.07, 6.45) is -0.764. The highest BCUT2D eigenvalue weighted by Gasteiger charge is 2.43. The van der Waals surface area contributed by atoms with Crippen molar-refractivity contribution in [3.05, 3.63) is 95.6 Å². The fourth-order valence-corrected chi connectivity index (χ4v) is 4.96. The van der Waals surface area contributed by atoms with E-state index in [0.717, 1.165) is 5.56 Å². The van der Waals surface area contributed by atoms with E-state index in [-0.39, 0.29) is 30.2 Å². The minimum Gasteiger partial charge on any atom is -0.467 e. The SMILES string of the molecule is COC(=O)[C@@H](Cc1c2n(c3ccccc13)C(=O)[C@H](C)N2C(=O)OCc1ccccc1)NC(=O)c1ccccc1N. The second-order valence-corrected chi connectivity index (χ2v) is 9.42. The third kappa shape index (κ3) is 4.75. The number of methoxy groups -OCH3 is 1. The molecule has 1 aliphatic rings. The van der Waals surface area contributed by atoms with E-state index in [2.05, 4.69) is 5.32 Å². The molecular formula is C30H28N4O6. The average molecular weight is 541 g/mol. The highest BCUT2D eigenvalue weighted by Crippen LogP contribution is 2.40. The summed E-state index contributed by atoms with van der Waals surface area (Å²) < 4.78 is 12.1. The highest BCUT2D eigenvalue weighted by molar-refractivity contribution is 6.12. The molecule has 0 spiro atoms. The van der Waals surface area contributed by atoms with Crippen LogP contribution in [0.3, 0.4) is 0 Å². The minimum atomic E-state index is -1.14. The van der Waals surface area contributed by atoms with Crippen LogP contribution in [0.1, 0.15) is 33.2 Å². The molecule has 0 unspecified atom stereocenters. The van der Waals surface area contributed by atoms with Crippen LogP contribution in [0, 0.1) is 0 Å². The zero-order chi connectivity index (χ0) is 28.4. The maximum absolute atomic E-state index is 13.4. The van der Waals surface area contributed by atoms with Crippen LogP contribution >= 0.6 is 0 Å². The number of fused-ring (bicyclic) bond motifs is 3. The van der Waals surface area contributed by atoms with Crippen molar-refractivity contribution in [1.82, 2.24) is 9.88 Å². The second kappa shape index (κ2) is 10.9. The monoisotopic (exact) mass is 540 g/mol. The van der Waals surface area contributed by atoms with E-state index in [1.165, 1.54) is 16.6 Å². The summed E-state index contributed by atoms with van der Waals surface area (Å²) in [7, 11) is 1.22. The summed E-state index contributed by atoms with van der Waals surface area (Å²) in [6, 6.07) is 20.9. The molecule has 0 saturated heterocycles. The number of benzene rings is 3. The Labute approximate surface area is 230 Å². The lowest BCUT2D eigenvalue weighted by molar-refractivity contribution is -0.142. The summed E-state index contributed by atoms with van der Waals surface area (Å²) >= 11 is 0. The highest BCUT2D eigenvalue weighted by atomic mass is 16.6. The van der Waals surface area contributed by atoms with Crippen molar-refractivity contribution in [1.29, 1.82) is 0 Å². The van der Waals surface area contributed by atoms with Gasteiger partial charge in [0.1, 0.15) is 24.5 Å². The Morgan fingerprint density at radius 1 is 0.975 bits per heavy atom. The Kier molecular flexibility index (Phi) is 7.24. The van der Waals surface area contributed by atoms with Crippen LogP contribution < -0.4 is 16.0 Å². The maximum Gasteiger partial charge on any atom is 0.416 e. The van der Waals surface area contributed by atoms with Gasteiger partial charge in [-0.3, -0.25) is 19.1 Å². The Morgan fingerprint density at radius 2 is 1.65 bits per heavy atom. The van der Waals surface area contributed by atoms with Crippen LogP contribution in [0.2, 0.25) is 0 Å². The molecule has 2 atom stereocenters. The van der Waals surface area contributed by atoms with E-state index in [4.69, 9.17) is 15.2 Å². The van der Waals surface area contributed by atoms with Gasteiger partial charge in [0.2, 0.25) is 0 Å².